The molecule has 1 saturated heterocycles. The number of aromatic nitrogens is 4. The number of nitrogens with zero attached hydrogens (tertiary/aromatic N) is 4. The van der Waals surface area contributed by atoms with Crippen LogP contribution in [0.4, 0.5) is 0 Å². The summed E-state index contributed by atoms with van der Waals surface area (Å²) < 4.78 is 12.4. The van der Waals surface area contributed by atoms with Gasteiger partial charge >= 0.3 is 0 Å². The van der Waals surface area contributed by atoms with Crippen LogP contribution in [0.25, 0.3) is 11.2 Å². The summed E-state index contributed by atoms with van der Waals surface area (Å²) in [7, 11) is 0. The molecule has 8 heteroatoms. The van der Waals surface area contributed by atoms with Gasteiger partial charge in [0.1, 0.15) is 11.8 Å². The summed E-state index contributed by atoms with van der Waals surface area (Å²) in [5.41, 5.74) is 1.10. The molecule has 2 aromatic heterocycles. The second-order valence-corrected chi connectivity index (χ2v) is 3.88. The van der Waals surface area contributed by atoms with Crippen LogP contribution in [0.15, 0.2) is 12.7 Å². The molecule has 0 amide bonds. The van der Waals surface area contributed by atoms with Gasteiger partial charge in [0.15, 0.2) is 23.3 Å². The number of hydrogen-bond donors (Lipinski definition) is 1. The third kappa shape index (κ3) is 1.77. The molecule has 2 atom stereocenters. The van der Waals surface area contributed by atoms with Crippen LogP contribution in [0.2, 0.25) is 5.15 Å². The first kappa shape index (κ1) is 10.8. The van der Waals surface area contributed by atoms with Crippen LogP contribution in [-0.4, -0.2) is 44.1 Å². The van der Waals surface area contributed by atoms with Crippen LogP contribution in [0.3, 0.4) is 0 Å². The smallest absolute Gasteiger partial charge is 0.183 e. The van der Waals surface area contributed by atoms with Crippen molar-refractivity contribution >= 4 is 22.8 Å². The average molecular weight is 257 g/mol. The largest absolute Gasteiger partial charge is 0.391 e. The maximum absolute atomic E-state index is 8.92. The van der Waals surface area contributed by atoms with Gasteiger partial charge in [-0.2, -0.15) is 0 Å². The van der Waals surface area contributed by atoms with Gasteiger partial charge in [0, 0.05) is 0 Å². The lowest BCUT2D eigenvalue weighted by Gasteiger charge is -2.11. The van der Waals surface area contributed by atoms with Crippen LogP contribution in [0.5, 0.6) is 0 Å². The Balaban J connectivity index is 2.01. The van der Waals surface area contributed by atoms with Crippen molar-refractivity contribution in [3.63, 3.8) is 0 Å². The molecule has 7 nitrogen and oxygen atoms in total. The maximum atomic E-state index is 8.92. The topological polar surface area (TPSA) is 82.3 Å². The van der Waals surface area contributed by atoms with Crippen molar-refractivity contribution in [2.75, 3.05) is 13.2 Å². The van der Waals surface area contributed by atoms with Crippen LogP contribution in [-0.2, 0) is 9.47 Å². The first-order valence-electron chi connectivity index (χ1n) is 5.00. The predicted octanol–water partition coefficient (Wildman–Crippen LogP) is 0.343. The van der Waals surface area contributed by atoms with E-state index in [-0.39, 0.29) is 12.8 Å². The van der Waals surface area contributed by atoms with E-state index in [1.54, 1.807) is 10.9 Å². The lowest BCUT2D eigenvalue weighted by Crippen LogP contribution is -2.15. The van der Waals surface area contributed by atoms with E-state index in [1.165, 1.54) is 6.33 Å². The van der Waals surface area contributed by atoms with E-state index >= 15 is 0 Å². The Bertz CT molecular complexity index is 546. The number of aliphatic hydroxyl groups excluding tert-OH is 1. The van der Waals surface area contributed by atoms with E-state index in [4.69, 9.17) is 26.2 Å². The maximum Gasteiger partial charge on any atom is 0.183 e. The zero-order valence-corrected chi connectivity index (χ0v) is 9.41. The van der Waals surface area contributed by atoms with Gasteiger partial charge in [-0.3, -0.25) is 4.57 Å². The number of fused-ring (bicyclic) bond motifs is 1. The molecule has 2 aromatic rings. The molecule has 0 saturated carbocycles. The summed E-state index contributed by atoms with van der Waals surface area (Å²) in [6.45, 7) is 0.134. The van der Waals surface area contributed by atoms with Crippen LogP contribution < -0.4 is 0 Å². The van der Waals surface area contributed by atoms with E-state index in [0.717, 1.165) is 0 Å². The average Bonchev–Trinajstić information content (AvgIpc) is 2.94. The van der Waals surface area contributed by atoms with Crippen LogP contribution in [0.1, 0.15) is 6.23 Å². The van der Waals surface area contributed by atoms with Crippen molar-refractivity contribution in [1.82, 2.24) is 19.5 Å². The zero-order chi connectivity index (χ0) is 11.8. The molecule has 1 aliphatic heterocycles. The van der Waals surface area contributed by atoms with Gasteiger partial charge in [0.25, 0.3) is 0 Å². The van der Waals surface area contributed by atoms with Gasteiger partial charge in [0.05, 0.1) is 19.5 Å². The standard InChI is InChI=1S/C9H9ClN4O3/c10-8-7-9(12-3-11-8)13-4-14(7)5-2-16-6(1-15)17-5/h3-6,15H,1-2H2/t5-,6-/m1/s1. The highest BCUT2D eigenvalue weighted by Crippen LogP contribution is 2.27. The highest BCUT2D eigenvalue weighted by molar-refractivity contribution is 6.33. The molecule has 0 unspecified atom stereocenters. The van der Waals surface area contributed by atoms with Gasteiger partial charge in [0.2, 0.25) is 0 Å². The Kier molecular flexibility index (Phi) is 2.67. The minimum atomic E-state index is -0.610. The molecule has 1 N–H and O–H groups in total. The van der Waals surface area contributed by atoms with E-state index in [9.17, 15) is 0 Å². The summed E-state index contributed by atoms with van der Waals surface area (Å²) in [5.74, 6) is 0. The predicted molar refractivity (Wildman–Crippen MR) is 57.3 cm³/mol. The second kappa shape index (κ2) is 4.19. The number of ether oxygens (including phenoxy) is 2. The minimum Gasteiger partial charge on any atom is -0.391 e. The molecule has 0 spiro atoms. The summed E-state index contributed by atoms with van der Waals surface area (Å²) in [5, 5.41) is 9.23. The SMILES string of the molecule is OC[C@@H]1OC[C@H](n2cnc3ncnc(Cl)c32)O1. The fraction of sp³-hybridized carbons (Fsp3) is 0.444. The summed E-state index contributed by atoms with van der Waals surface area (Å²) in [6, 6.07) is 0. The van der Waals surface area contributed by atoms with Gasteiger partial charge < -0.3 is 14.6 Å². The lowest BCUT2D eigenvalue weighted by atomic mass is 10.5. The molecule has 3 rings (SSSR count). The second-order valence-electron chi connectivity index (χ2n) is 3.52. The molecule has 3 heterocycles. The Labute approximate surface area is 101 Å². The Morgan fingerprint density at radius 2 is 2.35 bits per heavy atom. The molecule has 0 bridgehead atoms. The Hall–Kier alpha value is -1.28. The highest BCUT2D eigenvalue weighted by atomic mass is 35.5. The third-order valence-corrected chi connectivity index (χ3v) is 2.79. The van der Waals surface area contributed by atoms with Crippen LogP contribution in [0, 0.1) is 0 Å². The van der Waals surface area contributed by atoms with Crippen molar-refractivity contribution in [3.8, 4) is 0 Å². The molecular formula is C9H9ClN4O3. The van der Waals surface area contributed by atoms with Crippen molar-refractivity contribution in [2.24, 2.45) is 0 Å². The Morgan fingerprint density at radius 1 is 1.47 bits per heavy atom. The van der Waals surface area contributed by atoms with Crippen molar-refractivity contribution in [3.05, 3.63) is 17.8 Å². The first-order valence-corrected chi connectivity index (χ1v) is 5.38. The Morgan fingerprint density at radius 3 is 3.12 bits per heavy atom. The number of aliphatic hydroxyl groups is 1. The first-order chi connectivity index (χ1) is 8.29. The highest BCUT2D eigenvalue weighted by Gasteiger charge is 2.28. The number of halogens is 1. The number of imidazole rings is 1. The molecule has 90 valence electrons. The van der Waals surface area contributed by atoms with Crippen molar-refractivity contribution < 1.29 is 14.6 Å². The molecule has 0 radical (unpaired) electrons. The lowest BCUT2D eigenvalue weighted by molar-refractivity contribution is -0.0979. The fourth-order valence-corrected chi connectivity index (χ4v) is 1.97. The third-order valence-electron chi connectivity index (χ3n) is 2.51. The quantitative estimate of drug-likeness (QED) is 0.781. The monoisotopic (exact) mass is 256 g/mol. The van der Waals surface area contributed by atoms with E-state index in [0.29, 0.717) is 22.9 Å². The molecule has 0 aliphatic carbocycles. The van der Waals surface area contributed by atoms with Gasteiger partial charge in [-0.25, -0.2) is 15.0 Å². The fourth-order valence-electron chi connectivity index (χ4n) is 1.74. The molecule has 17 heavy (non-hydrogen) atoms. The van der Waals surface area contributed by atoms with Crippen LogP contribution >= 0.6 is 11.6 Å². The summed E-state index contributed by atoms with van der Waals surface area (Å²) in [6.07, 6.45) is 1.94. The molecule has 0 aromatic carbocycles. The van der Waals surface area contributed by atoms with E-state index in [2.05, 4.69) is 15.0 Å². The number of rotatable bonds is 2. The molecular weight excluding hydrogens is 248 g/mol. The summed E-state index contributed by atoms with van der Waals surface area (Å²) in [4.78, 5) is 12.0. The van der Waals surface area contributed by atoms with Gasteiger partial charge in [-0.15, -0.1) is 0 Å². The number of hydrogen-bond acceptors (Lipinski definition) is 6. The zero-order valence-electron chi connectivity index (χ0n) is 8.65. The van der Waals surface area contributed by atoms with Gasteiger partial charge in [-0.05, 0) is 0 Å². The minimum absolute atomic E-state index is 0.187. The molecule has 1 aliphatic rings. The van der Waals surface area contributed by atoms with Crippen molar-refractivity contribution in [1.29, 1.82) is 0 Å². The molecule has 1 fully saturated rings. The normalized spacial score (nSPS) is 24.6. The van der Waals surface area contributed by atoms with Crippen molar-refractivity contribution in [2.45, 2.75) is 12.5 Å². The summed E-state index contributed by atoms with van der Waals surface area (Å²) >= 11 is 5.99. The van der Waals surface area contributed by atoms with Gasteiger partial charge in [-0.1, -0.05) is 11.6 Å². The van der Waals surface area contributed by atoms with E-state index < -0.39 is 6.29 Å². The van der Waals surface area contributed by atoms with E-state index in [1.807, 2.05) is 0 Å².